The molecule has 0 saturated heterocycles. The van der Waals surface area contributed by atoms with Crippen LogP contribution in [0.4, 0.5) is 5.69 Å². The summed E-state index contributed by atoms with van der Waals surface area (Å²) in [7, 11) is 1.32. The highest BCUT2D eigenvalue weighted by molar-refractivity contribution is 7.14. The molecule has 0 N–H and O–H groups in total. The van der Waals surface area contributed by atoms with Crippen LogP contribution in [0, 0.1) is 0 Å². The Balaban J connectivity index is 1.69. The van der Waals surface area contributed by atoms with E-state index in [2.05, 4.69) is 0 Å². The molecular weight excluding hydrogens is 326 g/mol. The molecule has 2 aromatic rings. The van der Waals surface area contributed by atoms with Crippen LogP contribution in [0.25, 0.3) is 0 Å². The minimum atomic E-state index is -0.805. The maximum atomic E-state index is 13.1. The minimum Gasteiger partial charge on any atom is -0.475 e. The summed E-state index contributed by atoms with van der Waals surface area (Å²) in [5.74, 6) is -0.0355. The number of para-hydroxylation sites is 2. The Morgan fingerprint density at radius 3 is 2.92 bits per heavy atom. The van der Waals surface area contributed by atoms with E-state index in [0.717, 1.165) is 17.7 Å². The third kappa shape index (κ3) is 2.47. The van der Waals surface area contributed by atoms with Crippen molar-refractivity contribution in [2.24, 2.45) is 0 Å². The van der Waals surface area contributed by atoms with Gasteiger partial charge in [0.15, 0.2) is 0 Å². The lowest BCUT2D eigenvalue weighted by atomic mass is 10.1. The molecule has 6 heteroatoms. The molecule has 0 spiro atoms. The van der Waals surface area contributed by atoms with E-state index in [1.54, 1.807) is 22.3 Å². The summed E-state index contributed by atoms with van der Waals surface area (Å²) >= 11 is 1.57. The van der Waals surface area contributed by atoms with Gasteiger partial charge < -0.3 is 9.47 Å². The van der Waals surface area contributed by atoms with Crippen LogP contribution in [-0.2, 0) is 22.4 Å². The van der Waals surface area contributed by atoms with E-state index in [4.69, 9.17) is 9.47 Å². The molecule has 1 aliphatic carbocycles. The zero-order chi connectivity index (χ0) is 16.7. The SMILES string of the molecule is COC(=O)C1CN(C(=O)c2cc3c(s2)CCC3)c2ccccc2O1. The number of amides is 1. The van der Waals surface area contributed by atoms with Gasteiger partial charge in [-0.15, -0.1) is 11.3 Å². The second kappa shape index (κ2) is 5.94. The lowest BCUT2D eigenvalue weighted by molar-refractivity contribution is -0.148. The molecule has 0 radical (unpaired) electrons. The molecule has 124 valence electrons. The highest BCUT2D eigenvalue weighted by atomic mass is 32.1. The van der Waals surface area contributed by atoms with Gasteiger partial charge in [-0.2, -0.15) is 0 Å². The third-order valence-electron chi connectivity index (χ3n) is 4.44. The molecule has 1 aliphatic heterocycles. The average molecular weight is 343 g/mol. The van der Waals surface area contributed by atoms with Crippen molar-refractivity contribution in [2.75, 3.05) is 18.6 Å². The van der Waals surface area contributed by atoms with Crippen molar-refractivity contribution >= 4 is 28.9 Å². The van der Waals surface area contributed by atoms with E-state index in [0.29, 0.717) is 11.4 Å². The molecule has 2 heterocycles. The molecule has 1 aromatic heterocycles. The Morgan fingerprint density at radius 1 is 1.29 bits per heavy atom. The van der Waals surface area contributed by atoms with Gasteiger partial charge in [-0.05, 0) is 43.0 Å². The number of anilines is 1. The van der Waals surface area contributed by atoms with Crippen LogP contribution in [0.1, 0.15) is 26.5 Å². The fraction of sp³-hybridized carbons (Fsp3) is 0.333. The number of thiophene rings is 1. The predicted molar refractivity (Wildman–Crippen MR) is 90.9 cm³/mol. The van der Waals surface area contributed by atoms with Crippen molar-refractivity contribution in [1.82, 2.24) is 0 Å². The number of methoxy groups -OCH3 is 1. The van der Waals surface area contributed by atoms with E-state index in [1.165, 1.54) is 24.0 Å². The summed E-state index contributed by atoms with van der Waals surface area (Å²) in [5, 5.41) is 0. The van der Waals surface area contributed by atoms with Crippen molar-refractivity contribution in [3.05, 3.63) is 45.6 Å². The van der Waals surface area contributed by atoms with Crippen molar-refractivity contribution < 1.29 is 19.1 Å². The van der Waals surface area contributed by atoms with E-state index >= 15 is 0 Å². The number of fused-ring (bicyclic) bond motifs is 2. The van der Waals surface area contributed by atoms with Crippen LogP contribution in [-0.4, -0.2) is 31.6 Å². The molecule has 0 saturated carbocycles. The molecule has 4 rings (SSSR count). The zero-order valence-corrected chi connectivity index (χ0v) is 14.1. The quantitative estimate of drug-likeness (QED) is 0.787. The molecule has 0 fully saturated rings. The number of carbonyl (C=O) groups excluding carboxylic acids is 2. The Labute approximate surface area is 143 Å². The number of esters is 1. The smallest absolute Gasteiger partial charge is 0.348 e. The van der Waals surface area contributed by atoms with E-state index in [-0.39, 0.29) is 12.5 Å². The third-order valence-corrected chi connectivity index (χ3v) is 5.67. The fourth-order valence-electron chi connectivity index (χ4n) is 3.25. The number of nitrogens with zero attached hydrogens (tertiary/aromatic N) is 1. The Hall–Kier alpha value is -2.34. The molecular formula is C18H17NO4S. The summed E-state index contributed by atoms with van der Waals surface area (Å²) in [6, 6.07) is 9.28. The molecule has 0 bridgehead atoms. The summed E-state index contributed by atoms with van der Waals surface area (Å²) < 4.78 is 10.5. The predicted octanol–water partition coefficient (Wildman–Crippen LogP) is 2.82. The standard InChI is InChI=1S/C18H17NO4S/c1-22-18(21)14-10-19(12-6-2-3-7-13(12)23-14)17(20)16-9-11-5-4-8-15(11)24-16/h2-3,6-7,9,14H,4-5,8,10H2,1H3. The van der Waals surface area contributed by atoms with Gasteiger partial charge in [0.05, 0.1) is 24.2 Å². The van der Waals surface area contributed by atoms with Crippen molar-refractivity contribution in [3.63, 3.8) is 0 Å². The average Bonchev–Trinajstić information content (AvgIpc) is 3.21. The monoisotopic (exact) mass is 343 g/mol. The topological polar surface area (TPSA) is 55.8 Å². The van der Waals surface area contributed by atoms with Crippen LogP contribution in [0.3, 0.4) is 0 Å². The maximum absolute atomic E-state index is 13.1. The van der Waals surface area contributed by atoms with Gasteiger partial charge in [-0.1, -0.05) is 12.1 Å². The number of hydrogen-bond acceptors (Lipinski definition) is 5. The lowest BCUT2D eigenvalue weighted by Gasteiger charge is -2.33. The molecule has 1 unspecified atom stereocenters. The Bertz CT molecular complexity index is 792. The first kappa shape index (κ1) is 15.2. The first-order chi connectivity index (χ1) is 11.7. The van der Waals surface area contributed by atoms with Gasteiger partial charge in [-0.3, -0.25) is 9.69 Å². The van der Waals surface area contributed by atoms with Gasteiger partial charge in [-0.25, -0.2) is 4.79 Å². The molecule has 1 amide bonds. The van der Waals surface area contributed by atoms with Gasteiger partial charge in [0.1, 0.15) is 5.75 Å². The maximum Gasteiger partial charge on any atom is 0.348 e. The van der Waals surface area contributed by atoms with Crippen LogP contribution in [0.5, 0.6) is 5.75 Å². The Morgan fingerprint density at radius 2 is 2.12 bits per heavy atom. The summed E-state index contributed by atoms with van der Waals surface area (Å²) in [5.41, 5.74) is 1.98. The summed E-state index contributed by atoms with van der Waals surface area (Å²) in [6.07, 6.45) is 2.46. The molecule has 2 aliphatic rings. The number of aryl methyl sites for hydroxylation is 2. The Kier molecular flexibility index (Phi) is 3.76. The number of benzene rings is 1. The summed E-state index contributed by atoms with van der Waals surface area (Å²) in [4.78, 5) is 28.6. The van der Waals surface area contributed by atoms with Gasteiger partial charge in [0.25, 0.3) is 5.91 Å². The molecule has 24 heavy (non-hydrogen) atoms. The van der Waals surface area contributed by atoms with Crippen LogP contribution >= 0.6 is 11.3 Å². The van der Waals surface area contributed by atoms with E-state index in [9.17, 15) is 9.59 Å². The minimum absolute atomic E-state index is 0.0842. The second-order valence-electron chi connectivity index (χ2n) is 5.93. The first-order valence-corrected chi connectivity index (χ1v) is 8.76. The van der Waals surface area contributed by atoms with Crippen LogP contribution in [0.15, 0.2) is 30.3 Å². The summed E-state index contributed by atoms with van der Waals surface area (Å²) in [6.45, 7) is 0.158. The van der Waals surface area contributed by atoms with Crippen molar-refractivity contribution in [2.45, 2.75) is 25.4 Å². The van der Waals surface area contributed by atoms with Crippen molar-refractivity contribution in [3.8, 4) is 5.75 Å². The lowest BCUT2D eigenvalue weighted by Crippen LogP contribution is -2.47. The fourth-order valence-corrected chi connectivity index (χ4v) is 4.45. The zero-order valence-electron chi connectivity index (χ0n) is 13.3. The van der Waals surface area contributed by atoms with E-state index < -0.39 is 12.1 Å². The highest BCUT2D eigenvalue weighted by Crippen LogP contribution is 2.37. The van der Waals surface area contributed by atoms with Gasteiger partial charge in [0.2, 0.25) is 6.10 Å². The van der Waals surface area contributed by atoms with Gasteiger partial charge in [0, 0.05) is 4.88 Å². The number of ether oxygens (including phenoxy) is 2. The van der Waals surface area contributed by atoms with Crippen molar-refractivity contribution in [1.29, 1.82) is 0 Å². The van der Waals surface area contributed by atoms with E-state index in [1.807, 2.05) is 24.3 Å². The largest absolute Gasteiger partial charge is 0.475 e. The first-order valence-electron chi connectivity index (χ1n) is 7.94. The molecule has 1 atom stereocenters. The normalized spacial score (nSPS) is 18.5. The number of rotatable bonds is 2. The second-order valence-corrected chi connectivity index (χ2v) is 7.06. The van der Waals surface area contributed by atoms with Crippen LogP contribution in [0.2, 0.25) is 0 Å². The van der Waals surface area contributed by atoms with Crippen LogP contribution < -0.4 is 9.64 Å². The number of carbonyl (C=O) groups is 2. The number of hydrogen-bond donors (Lipinski definition) is 0. The molecule has 1 aromatic carbocycles. The van der Waals surface area contributed by atoms with Gasteiger partial charge >= 0.3 is 5.97 Å². The molecule has 5 nitrogen and oxygen atoms in total. The highest BCUT2D eigenvalue weighted by Gasteiger charge is 2.35.